The van der Waals surface area contributed by atoms with Gasteiger partial charge in [-0.2, -0.15) is 0 Å². The SMILES string of the molecule is CC1(CO)CCCC1NS(=O)(=O)c1ccc(Cl)cc1. The van der Waals surface area contributed by atoms with Crippen molar-refractivity contribution >= 4 is 21.6 Å². The van der Waals surface area contributed by atoms with Crippen LogP contribution in [0.5, 0.6) is 0 Å². The van der Waals surface area contributed by atoms with Gasteiger partial charge in [0.15, 0.2) is 0 Å². The van der Waals surface area contributed by atoms with Crippen LogP contribution in [0.15, 0.2) is 29.2 Å². The number of benzene rings is 1. The Morgan fingerprint density at radius 2 is 2.05 bits per heavy atom. The van der Waals surface area contributed by atoms with Gasteiger partial charge >= 0.3 is 0 Å². The maximum Gasteiger partial charge on any atom is 0.240 e. The summed E-state index contributed by atoms with van der Waals surface area (Å²) >= 11 is 5.75. The Morgan fingerprint density at radius 3 is 2.63 bits per heavy atom. The Labute approximate surface area is 118 Å². The molecular weight excluding hydrogens is 286 g/mol. The average Bonchev–Trinajstić information content (AvgIpc) is 2.72. The molecule has 2 N–H and O–H groups in total. The lowest BCUT2D eigenvalue weighted by atomic mass is 9.86. The molecule has 1 fully saturated rings. The van der Waals surface area contributed by atoms with E-state index in [2.05, 4.69) is 4.72 Å². The summed E-state index contributed by atoms with van der Waals surface area (Å²) in [5.74, 6) is 0. The molecule has 1 aliphatic rings. The van der Waals surface area contributed by atoms with Crippen molar-refractivity contribution in [3.8, 4) is 0 Å². The number of aliphatic hydroxyl groups excluding tert-OH is 1. The fourth-order valence-corrected chi connectivity index (χ4v) is 4.03. The van der Waals surface area contributed by atoms with Crippen molar-refractivity contribution in [1.29, 1.82) is 0 Å². The lowest BCUT2D eigenvalue weighted by molar-refractivity contribution is 0.127. The van der Waals surface area contributed by atoms with E-state index in [1.165, 1.54) is 12.1 Å². The van der Waals surface area contributed by atoms with Gasteiger partial charge in [-0.15, -0.1) is 0 Å². The molecule has 0 amide bonds. The lowest BCUT2D eigenvalue weighted by Gasteiger charge is -2.29. The summed E-state index contributed by atoms with van der Waals surface area (Å²) in [6, 6.07) is 5.84. The molecule has 0 bridgehead atoms. The molecule has 1 aromatic rings. The van der Waals surface area contributed by atoms with Gasteiger partial charge in [0.05, 0.1) is 4.90 Å². The predicted molar refractivity (Wildman–Crippen MR) is 74.6 cm³/mol. The van der Waals surface area contributed by atoms with Crippen LogP contribution < -0.4 is 4.72 Å². The molecule has 0 aromatic heterocycles. The van der Waals surface area contributed by atoms with Crippen molar-refractivity contribution < 1.29 is 13.5 Å². The maximum absolute atomic E-state index is 12.3. The average molecular weight is 304 g/mol. The molecule has 1 saturated carbocycles. The number of hydrogen-bond acceptors (Lipinski definition) is 3. The van der Waals surface area contributed by atoms with Crippen molar-refractivity contribution in [2.75, 3.05) is 6.61 Å². The van der Waals surface area contributed by atoms with Gasteiger partial charge in [-0.25, -0.2) is 13.1 Å². The predicted octanol–water partition coefficient (Wildman–Crippen LogP) is 2.17. The molecule has 106 valence electrons. The van der Waals surface area contributed by atoms with Gasteiger partial charge in [0.2, 0.25) is 10.0 Å². The highest BCUT2D eigenvalue weighted by molar-refractivity contribution is 7.89. The van der Waals surface area contributed by atoms with Gasteiger partial charge in [0, 0.05) is 23.1 Å². The van der Waals surface area contributed by atoms with E-state index in [1.807, 2.05) is 6.92 Å². The summed E-state index contributed by atoms with van der Waals surface area (Å²) in [7, 11) is -3.56. The van der Waals surface area contributed by atoms with Crippen molar-refractivity contribution in [2.45, 2.75) is 37.1 Å². The molecular formula is C13H18ClNO3S. The third kappa shape index (κ3) is 3.11. The Bertz CT molecular complexity index is 544. The highest BCUT2D eigenvalue weighted by Crippen LogP contribution is 2.38. The van der Waals surface area contributed by atoms with Gasteiger partial charge in [0.25, 0.3) is 0 Å². The van der Waals surface area contributed by atoms with E-state index in [9.17, 15) is 13.5 Å². The molecule has 1 aromatic carbocycles. The second kappa shape index (κ2) is 5.40. The maximum atomic E-state index is 12.3. The van der Waals surface area contributed by atoms with Gasteiger partial charge in [-0.3, -0.25) is 0 Å². The van der Waals surface area contributed by atoms with Crippen molar-refractivity contribution in [3.63, 3.8) is 0 Å². The summed E-state index contributed by atoms with van der Waals surface area (Å²) in [6.45, 7) is 1.90. The van der Waals surface area contributed by atoms with Crippen LogP contribution in [-0.2, 0) is 10.0 Å². The summed E-state index contributed by atoms with van der Waals surface area (Å²) in [4.78, 5) is 0.198. The van der Waals surface area contributed by atoms with Gasteiger partial charge in [-0.1, -0.05) is 24.9 Å². The minimum Gasteiger partial charge on any atom is -0.396 e. The standard InChI is InChI=1S/C13H18ClNO3S/c1-13(9-16)8-2-3-12(13)15-19(17,18)11-6-4-10(14)5-7-11/h4-7,12,15-16H,2-3,8-9H2,1H3. The highest BCUT2D eigenvalue weighted by atomic mass is 35.5. The molecule has 0 radical (unpaired) electrons. The molecule has 2 rings (SSSR count). The minimum atomic E-state index is -3.56. The smallest absolute Gasteiger partial charge is 0.240 e. The first-order chi connectivity index (χ1) is 8.87. The lowest BCUT2D eigenvalue weighted by Crippen LogP contribution is -2.44. The number of rotatable bonds is 4. The molecule has 0 heterocycles. The summed E-state index contributed by atoms with van der Waals surface area (Å²) in [5, 5.41) is 9.95. The first-order valence-electron chi connectivity index (χ1n) is 6.26. The van der Waals surface area contributed by atoms with E-state index in [0.29, 0.717) is 5.02 Å². The minimum absolute atomic E-state index is 0.0131. The second-order valence-electron chi connectivity index (χ2n) is 5.33. The van der Waals surface area contributed by atoms with Crippen molar-refractivity contribution in [3.05, 3.63) is 29.3 Å². The summed E-state index contributed by atoms with van der Waals surface area (Å²) in [6.07, 6.45) is 2.51. The topological polar surface area (TPSA) is 66.4 Å². The number of aliphatic hydroxyl groups is 1. The zero-order chi connectivity index (χ0) is 14.1. The molecule has 19 heavy (non-hydrogen) atoms. The molecule has 6 heteroatoms. The quantitative estimate of drug-likeness (QED) is 0.896. The monoisotopic (exact) mass is 303 g/mol. The molecule has 0 aliphatic heterocycles. The van der Waals surface area contributed by atoms with Crippen LogP contribution in [0.1, 0.15) is 26.2 Å². The van der Waals surface area contributed by atoms with Crippen LogP contribution in [0.25, 0.3) is 0 Å². The van der Waals surface area contributed by atoms with E-state index in [4.69, 9.17) is 11.6 Å². The highest BCUT2D eigenvalue weighted by Gasteiger charge is 2.40. The number of sulfonamides is 1. The van der Waals surface area contributed by atoms with E-state index in [1.54, 1.807) is 12.1 Å². The van der Waals surface area contributed by atoms with Crippen LogP contribution in [-0.4, -0.2) is 26.2 Å². The molecule has 4 nitrogen and oxygen atoms in total. The normalized spacial score (nSPS) is 27.6. The zero-order valence-corrected chi connectivity index (χ0v) is 12.3. The molecule has 0 saturated heterocycles. The Balaban J connectivity index is 2.20. The van der Waals surface area contributed by atoms with Crippen LogP contribution in [0.3, 0.4) is 0 Å². The van der Waals surface area contributed by atoms with Crippen molar-refractivity contribution in [2.24, 2.45) is 5.41 Å². The van der Waals surface area contributed by atoms with Gasteiger partial charge in [-0.05, 0) is 37.1 Å². The van der Waals surface area contributed by atoms with E-state index in [-0.39, 0.29) is 23.0 Å². The van der Waals surface area contributed by atoms with E-state index in [0.717, 1.165) is 19.3 Å². The van der Waals surface area contributed by atoms with E-state index < -0.39 is 10.0 Å². The first-order valence-corrected chi connectivity index (χ1v) is 8.12. The largest absolute Gasteiger partial charge is 0.396 e. The fourth-order valence-electron chi connectivity index (χ4n) is 2.49. The number of halogens is 1. The first kappa shape index (κ1) is 14.8. The van der Waals surface area contributed by atoms with Gasteiger partial charge < -0.3 is 5.11 Å². The van der Waals surface area contributed by atoms with E-state index >= 15 is 0 Å². The molecule has 0 spiro atoms. The molecule has 2 atom stereocenters. The zero-order valence-electron chi connectivity index (χ0n) is 10.8. The van der Waals surface area contributed by atoms with Crippen LogP contribution in [0.2, 0.25) is 5.02 Å². The third-order valence-corrected chi connectivity index (χ3v) is 5.60. The Kier molecular flexibility index (Phi) is 4.20. The fraction of sp³-hybridized carbons (Fsp3) is 0.538. The van der Waals surface area contributed by atoms with Crippen LogP contribution in [0.4, 0.5) is 0 Å². The molecule has 2 unspecified atom stereocenters. The Hall–Kier alpha value is -0.620. The van der Waals surface area contributed by atoms with Crippen molar-refractivity contribution in [1.82, 2.24) is 4.72 Å². The number of hydrogen-bond donors (Lipinski definition) is 2. The number of nitrogens with one attached hydrogen (secondary N) is 1. The summed E-state index contributed by atoms with van der Waals surface area (Å²) < 4.78 is 27.2. The van der Waals surface area contributed by atoms with Crippen LogP contribution in [0, 0.1) is 5.41 Å². The van der Waals surface area contributed by atoms with Crippen LogP contribution >= 0.6 is 11.6 Å². The second-order valence-corrected chi connectivity index (χ2v) is 7.48. The summed E-state index contributed by atoms with van der Waals surface area (Å²) in [5.41, 5.74) is -0.376. The molecule has 1 aliphatic carbocycles. The van der Waals surface area contributed by atoms with Gasteiger partial charge in [0.1, 0.15) is 0 Å². The Morgan fingerprint density at radius 1 is 1.42 bits per heavy atom. The third-order valence-electron chi connectivity index (χ3n) is 3.86.